The van der Waals surface area contributed by atoms with E-state index in [2.05, 4.69) is 15.5 Å². The van der Waals surface area contributed by atoms with Crippen LogP contribution in [0.15, 0.2) is 54.7 Å². The molecule has 2 aromatic carbocycles. The number of para-hydroxylation sites is 1. The Balaban J connectivity index is 1.68. The fraction of sp³-hybridized carbons (Fsp3) is 0.261. The zero-order valence-corrected chi connectivity index (χ0v) is 18.2. The monoisotopic (exact) mass is 475 g/mol. The number of benzene rings is 2. The van der Waals surface area contributed by atoms with Crippen molar-refractivity contribution in [3.63, 3.8) is 0 Å². The summed E-state index contributed by atoms with van der Waals surface area (Å²) in [6.45, 7) is 0.202. The smallest absolute Gasteiger partial charge is 0.397 e. The third kappa shape index (κ3) is 5.73. The Morgan fingerprint density at radius 2 is 1.79 bits per heavy atom. The molecule has 6 N–H and O–H groups in total. The summed E-state index contributed by atoms with van der Waals surface area (Å²) in [5, 5.41) is 8.53. The summed E-state index contributed by atoms with van der Waals surface area (Å²) in [7, 11) is 1.47. The number of carbonyl (C=O) groups is 2. The van der Waals surface area contributed by atoms with E-state index in [1.807, 2.05) is 0 Å². The Kier molecular flexibility index (Phi) is 7.57. The Morgan fingerprint density at radius 1 is 1.12 bits per heavy atom. The number of alkyl halides is 3. The number of aromatic amines is 1. The van der Waals surface area contributed by atoms with Crippen molar-refractivity contribution in [2.24, 2.45) is 11.5 Å². The SMILES string of the molecule is COc1ccccc1C(=O)NCc1ccc(C(N)CC(c2[nH]ncc2C(N)=O)C(F)(F)F)cc1. The second kappa shape index (κ2) is 10.4. The standard InChI is InChI=1S/C23H24F3N5O3/c1-34-19-5-3-2-4-15(19)22(33)29-11-13-6-8-14(9-7-13)18(27)10-17(23(24,25)26)20-16(21(28)32)12-30-31-20/h2-9,12,17-18H,10-11,27H2,1H3,(H2,28,32)(H,29,33)(H,30,31). The summed E-state index contributed by atoms with van der Waals surface area (Å²) in [6.07, 6.45) is -4.22. The summed E-state index contributed by atoms with van der Waals surface area (Å²) in [5.74, 6) is -2.94. The van der Waals surface area contributed by atoms with E-state index in [0.29, 0.717) is 16.9 Å². The zero-order chi connectivity index (χ0) is 24.9. The van der Waals surface area contributed by atoms with Crippen LogP contribution in [0, 0.1) is 0 Å². The first kappa shape index (κ1) is 24.8. The molecule has 34 heavy (non-hydrogen) atoms. The van der Waals surface area contributed by atoms with Crippen LogP contribution >= 0.6 is 0 Å². The van der Waals surface area contributed by atoms with Gasteiger partial charge >= 0.3 is 6.18 Å². The molecule has 0 saturated heterocycles. The number of H-pyrrole nitrogens is 1. The van der Waals surface area contributed by atoms with Crippen LogP contribution in [0.4, 0.5) is 13.2 Å². The predicted molar refractivity (Wildman–Crippen MR) is 118 cm³/mol. The van der Waals surface area contributed by atoms with Crippen LogP contribution in [0.1, 0.15) is 55.9 Å². The highest BCUT2D eigenvalue weighted by Crippen LogP contribution is 2.40. The molecule has 3 rings (SSSR count). The maximum absolute atomic E-state index is 13.7. The third-order valence-corrected chi connectivity index (χ3v) is 5.38. The number of halogens is 3. The molecule has 1 heterocycles. The number of hydrogen-bond acceptors (Lipinski definition) is 5. The van der Waals surface area contributed by atoms with E-state index in [-0.39, 0.29) is 18.0 Å². The maximum Gasteiger partial charge on any atom is 0.397 e. The van der Waals surface area contributed by atoms with Gasteiger partial charge in [0.05, 0.1) is 36.0 Å². The summed E-state index contributed by atoms with van der Waals surface area (Å²) < 4.78 is 46.4. The lowest BCUT2D eigenvalue weighted by Crippen LogP contribution is -2.28. The zero-order valence-electron chi connectivity index (χ0n) is 18.2. The van der Waals surface area contributed by atoms with Gasteiger partial charge in [0.1, 0.15) is 5.75 Å². The topological polar surface area (TPSA) is 136 Å². The lowest BCUT2D eigenvalue weighted by atomic mass is 9.90. The van der Waals surface area contributed by atoms with E-state index in [1.165, 1.54) is 7.11 Å². The second-order valence-electron chi connectivity index (χ2n) is 7.62. The minimum atomic E-state index is -4.67. The third-order valence-electron chi connectivity index (χ3n) is 5.38. The van der Waals surface area contributed by atoms with Crippen molar-refractivity contribution in [1.82, 2.24) is 15.5 Å². The Labute approximate surface area is 193 Å². The molecule has 3 aromatic rings. The van der Waals surface area contributed by atoms with Crippen molar-refractivity contribution < 1.29 is 27.5 Å². The van der Waals surface area contributed by atoms with Gasteiger partial charge in [-0.3, -0.25) is 14.7 Å². The number of amides is 2. The number of nitrogens with one attached hydrogen (secondary N) is 2. The highest BCUT2D eigenvalue weighted by atomic mass is 19.4. The molecule has 0 aliphatic heterocycles. The number of aromatic nitrogens is 2. The average molecular weight is 475 g/mol. The van der Waals surface area contributed by atoms with Crippen molar-refractivity contribution in [3.8, 4) is 5.75 Å². The predicted octanol–water partition coefficient (Wildman–Crippen LogP) is 3.18. The van der Waals surface area contributed by atoms with Crippen LogP contribution in [0.5, 0.6) is 5.75 Å². The van der Waals surface area contributed by atoms with Gasteiger partial charge in [-0.1, -0.05) is 36.4 Å². The number of rotatable bonds is 9. The van der Waals surface area contributed by atoms with Crippen molar-refractivity contribution in [2.75, 3.05) is 7.11 Å². The van der Waals surface area contributed by atoms with Gasteiger partial charge in [0.25, 0.3) is 11.8 Å². The van der Waals surface area contributed by atoms with E-state index >= 15 is 0 Å². The molecular weight excluding hydrogens is 451 g/mol. The molecule has 0 radical (unpaired) electrons. The maximum atomic E-state index is 13.7. The highest BCUT2D eigenvalue weighted by Gasteiger charge is 2.44. The molecule has 180 valence electrons. The quantitative estimate of drug-likeness (QED) is 0.377. The van der Waals surface area contributed by atoms with Gasteiger partial charge in [0.2, 0.25) is 0 Å². The molecule has 0 saturated carbocycles. The lowest BCUT2D eigenvalue weighted by Gasteiger charge is -2.23. The molecule has 11 heteroatoms. The summed E-state index contributed by atoms with van der Waals surface area (Å²) in [4.78, 5) is 23.9. The first-order chi connectivity index (χ1) is 16.1. The fourth-order valence-electron chi connectivity index (χ4n) is 3.56. The molecule has 2 unspecified atom stereocenters. The van der Waals surface area contributed by atoms with Crippen LogP contribution in [-0.2, 0) is 6.54 Å². The van der Waals surface area contributed by atoms with Crippen LogP contribution in [0.3, 0.4) is 0 Å². The summed E-state index contributed by atoms with van der Waals surface area (Å²) >= 11 is 0. The molecule has 2 atom stereocenters. The Morgan fingerprint density at radius 3 is 2.41 bits per heavy atom. The first-order valence-electron chi connectivity index (χ1n) is 10.3. The van der Waals surface area contributed by atoms with Crippen LogP contribution in [-0.4, -0.2) is 35.3 Å². The average Bonchev–Trinajstić information content (AvgIpc) is 3.30. The van der Waals surface area contributed by atoms with E-state index in [4.69, 9.17) is 16.2 Å². The molecule has 2 amide bonds. The molecular formula is C23H24F3N5O3. The fourth-order valence-corrected chi connectivity index (χ4v) is 3.56. The molecule has 0 spiro atoms. The van der Waals surface area contributed by atoms with Gasteiger partial charge in [0, 0.05) is 12.6 Å². The minimum Gasteiger partial charge on any atom is -0.496 e. The van der Waals surface area contributed by atoms with Gasteiger partial charge < -0.3 is 21.5 Å². The number of methoxy groups -OCH3 is 1. The van der Waals surface area contributed by atoms with E-state index in [9.17, 15) is 22.8 Å². The number of nitrogens with two attached hydrogens (primary N) is 2. The molecule has 0 bridgehead atoms. The van der Waals surface area contributed by atoms with E-state index in [0.717, 1.165) is 11.8 Å². The van der Waals surface area contributed by atoms with Crippen LogP contribution < -0.4 is 21.5 Å². The normalized spacial score (nSPS) is 13.2. The number of hydrogen-bond donors (Lipinski definition) is 4. The molecule has 8 nitrogen and oxygen atoms in total. The number of nitrogens with zero attached hydrogens (tertiary/aromatic N) is 1. The molecule has 0 fully saturated rings. The van der Waals surface area contributed by atoms with E-state index < -0.39 is 36.2 Å². The number of carbonyl (C=O) groups excluding carboxylic acids is 2. The Bertz CT molecular complexity index is 1150. The van der Waals surface area contributed by atoms with Gasteiger partial charge in [-0.15, -0.1) is 0 Å². The number of ether oxygens (including phenoxy) is 1. The van der Waals surface area contributed by atoms with Gasteiger partial charge in [0.15, 0.2) is 0 Å². The van der Waals surface area contributed by atoms with Crippen molar-refractivity contribution in [1.29, 1.82) is 0 Å². The van der Waals surface area contributed by atoms with Gasteiger partial charge in [-0.2, -0.15) is 18.3 Å². The summed E-state index contributed by atoms with van der Waals surface area (Å²) in [6, 6.07) is 12.4. The van der Waals surface area contributed by atoms with Crippen LogP contribution in [0.25, 0.3) is 0 Å². The van der Waals surface area contributed by atoms with E-state index in [1.54, 1.807) is 48.5 Å². The lowest BCUT2D eigenvalue weighted by molar-refractivity contribution is -0.153. The second-order valence-corrected chi connectivity index (χ2v) is 7.62. The van der Waals surface area contributed by atoms with Crippen molar-refractivity contribution >= 4 is 11.8 Å². The van der Waals surface area contributed by atoms with Crippen molar-refractivity contribution in [2.45, 2.75) is 31.1 Å². The Hall–Kier alpha value is -3.86. The van der Waals surface area contributed by atoms with Gasteiger partial charge in [-0.25, -0.2) is 0 Å². The molecule has 1 aromatic heterocycles. The largest absolute Gasteiger partial charge is 0.496 e. The first-order valence-corrected chi connectivity index (χ1v) is 10.3. The highest BCUT2D eigenvalue weighted by molar-refractivity contribution is 5.96. The van der Waals surface area contributed by atoms with Crippen LogP contribution in [0.2, 0.25) is 0 Å². The van der Waals surface area contributed by atoms with Gasteiger partial charge in [-0.05, 0) is 29.7 Å². The molecule has 0 aliphatic rings. The minimum absolute atomic E-state index is 0.202. The summed E-state index contributed by atoms with van der Waals surface area (Å²) in [5.41, 5.74) is 12.1. The van der Waals surface area contributed by atoms with Crippen molar-refractivity contribution in [3.05, 3.63) is 82.7 Å². The molecule has 0 aliphatic carbocycles. The number of primary amides is 1.